The summed E-state index contributed by atoms with van der Waals surface area (Å²) in [6.07, 6.45) is 0. The van der Waals surface area contributed by atoms with Crippen LogP contribution in [0.5, 0.6) is 0 Å². The van der Waals surface area contributed by atoms with Gasteiger partial charge in [0.15, 0.2) is 0 Å². The Hall–Kier alpha value is -0.120. The Morgan fingerprint density at radius 3 is 2.18 bits per heavy atom. The predicted octanol–water partition coefficient (Wildman–Crippen LogP) is -0.386. The van der Waals surface area contributed by atoms with Crippen LogP contribution in [0.2, 0.25) is 0 Å². The van der Waals surface area contributed by atoms with Crippen LogP contribution in [0.15, 0.2) is 0 Å². The summed E-state index contributed by atoms with van der Waals surface area (Å²) in [5.41, 5.74) is 0. The predicted molar refractivity (Wildman–Crippen MR) is 45.1 cm³/mol. The van der Waals surface area contributed by atoms with E-state index in [9.17, 15) is 0 Å². The van der Waals surface area contributed by atoms with E-state index >= 15 is 0 Å². The van der Waals surface area contributed by atoms with E-state index in [1.807, 2.05) is 0 Å². The number of nitrogens with one attached hydrogen (secondary N) is 1. The van der Waals surface area contributed by atoms with Crippen molar-refractivity contribution in [2.45, 2.75) is 0 Å². The van der Waals surface area contributed by atoms with E-state index in [-0.39, 0.29) is 0 Å². The fraction of sp³-hybridized carbons (Fsp3) is 1.00. The molecule has 2 saturated heterocycles. The molecule has 2 atom stereocenters. The van der Waals surface area contributed by atoms with Gasteiger partial charge in [-0.25, -0.2) is 10.0 Å². The fourth-order valence-electron chi connectivity index (χ4n) is 2.16. The van der Waals surface area contributed by atoms with Crippen molar-refractivity contribution >= 4 is 0 Å². The molecule has 2 unspecified atom stereocenters. The average molecular weight is 155 g/mol. The third-order valence-electron chi connectivity index (χ3n) is 2.94. The zero-order valence-corrected chi connectivity index (χ0v) is 7.38. The monoisotopic (exact) mass is 155 g/mol. The highest BCUT2D eigenvalue weighted by molar-refractivity contribution is 4.89. The average Bonchev–Trinajstić information content (AvgIpc) is 2.40. The molecule has 2 rings (SSSR count). The molecule has 3 nitrogen and oxygen atoms in total. The lowest BCUT2D eigenvalue weighted by atomic mass is 10.0. The number of hydrogen-bond acceptors (Lipinski definition) is 3. The molecule has 3 heteroatoms. The molecule has 0 bridgehead atoms. The molecule has 0 spiro atoms. The second-order valence-electron chi connectivity index (χ2n) is 3.90. The number of fused-ring (bicyclic) bond motifs is 1. The van der Waals surface area contributed by atoms with Crippen molar-refractivity contribution in [3.05, 3.63) is 0 Å². The van der Waals surface area contributed by atoms with Gasteiger partial charge in [0.05, 0.1) is 0 Å². The topological polar surface area (TPSA) is 18.5 Å². The smallest absolute Gasteiger partial charge is 0.0177 e. The number of rotatable bonds is 1. The van der Waals surface area contributed by atoms with E-state index in [1.165, 1.54) is 26.2 Å². The first-order chi connectivity index (χ1) is 5.27. The summed E-state index contributed by atoms with van der Waals surface area (Å²) in [5.74, 6) is 1.83. The van der Waals surface area contributed by atoms with E-state index in [1.54, 1.807) is 0 Å². The zero-order valence-electron chi connectivity index (χ0n) is 7.38. The molecule has 0 aliphatic carbocycles. The standard InChI is InChI=1S/C8H17N3/c1-10(2)11-5-7-3-9-4-8(7)6-11/h7-9H,3-6H2,1-2H3. The lowest BCUT2D eigenvalue weighted by molar-refractivity contribution is 0.0448. The summed E-state index contributed by atoms with van der Waals surface area (Å²) in [6, 6.07) is 0. The van der Waals surface area contributed by atoms with Gasteiger partial charge in [0.1, 0.15) is 0 Å². The second kappa shape index (κ2) is 2.73. The Kier molecular flexibility index (Phi) is 1.87. The van der Waals surface area contributed by atoms with Gasteiger partial charge in [-0.15, -0.1) is 0 Å². The maximum atomic E-state index is 3.44. The summed E-state index contributed by atoms with van der Waals surface area (Å²) in [4.78, 5) is 0. The van der Waals surface area contributed by atoms with Gasteiger partial charge in [0, 0.05) is 27.2 Å². The summed E-state index contributed by atoms with van der Waals surface area (Å²) >= 11 is 0. The van der Waals surface area contributed by atoms with Gasteiger partial charge < -0.3 is 5.32 Å². The van der Waals surface area contributed by atoms with Crippen molar-refractivity contribution in [2.24, 2.45) is 11.8 Å². The third kappa shape index (κ3) is 1.28. The summed E-state index contributed by atoms with van der Waals surface area (Å²) in [7, 11) is 4.27. The maximum absolute atomic E-state index is 3.44. The van der Waals surface area contributed by atoms with Crippen molar-refractivity contribution in [1.29, 1.82) is 0 Å². The Labute approximate surface area is 68.3 Å². The third-order valence-corrected chi connectivity index (χ3v) is 2.94. The van der Waals surface area contributed by atoms with E-state index in [2.05, 4.69) is 29.4 Å². The van der Waals surface area contributed by atoms with Crippen LogP contribution in [0.3, 0.4) is 0 Å². The molecule has 2 aliphatic heterocycles. The van der Waals surface area contributed by atoms with Crippen LogP contribution in [0.25, 0.3) is 0 Å². The number of hydrogen-bond donors (Lipinski definition) is 1. The van der Waals surface area contributed by atoms with Gasteiger partial charge in [-0.2, -0.15) is 0 Å². The minimum Gasteiger partial charge on any atom is -0.316 e. The van der Waals surface area contributed by atoms with Crippen molar-refractivity contribution in [3.63, 3.8) is 0 Å². The molecule has 64 valence electrons. The van der Waals surface area contributed by atoms with Gasteiger partial charge in [-0.05, 0) is 24.9 Å². The molecule has 0 radical (unpaired) electrons. The van der Waals surface area contributed by atoms with Crippen molar-refractivity contribution in [3.8, 4) is 0 Å². The maximum Gasteiger partial charge on any atom is 0.0177 e. The van der Waals surface area contributed by atoms with Crippen molar-refractivity contribution < 1.29 is 0 Å². The first kappa shape index (κ1) is 7.53. The largest absolute Gasteiger partial charge is 0.316 e. The molecule has 2 fully saturated rings. The van der Waals surface area contributed by atoms with E-state index in [0.717, 1.165) is 11.8 Å². The summed E-state index contributed by atoms with van der Waals surface area (Å²) < 4.78 is 0. The number of hydrazine groups is 1. The lowest BCUT2D eigenvalue weighted by Gasteiger charge is -2.24. The summed E-state index contributed by atoms with van der Waals surface area (Å²) in [6.45, 7) is 4.97. The van der Waals surface area contributed by atoms with Crippen LogP contribution in [-0.4, -0.2) is 50.3 Å². The van der Waals surface area contributed by atoms with Gasteiger partial charge in [-0.3, -0.25) is 0 Å². The van der Waals surface area contributed by atoms with Gasteiger partial charge in [0.25, 0.3) is 0 Å². The molecule has 0 aromatic heterocycles. The highest BCUT2D eigenvalue weighted by Gasteiger charge is 2.36. The molecule has 0 saturated carbocycles. The highest BCUT2D eigenvalue weighted by Crippen LogP contribution is 2.26. The Balaban J connectivity index is 1.94. The summed E-state index contributed by atoms with van der Waals surface area (Å²) in [5, 5.41) is 8.10. The van der Waals surface area contributed by atoms with Gasteiger partial charge in [-0.1, -0.05) is 0 Å². The molecular weight excluding hydrogens is 138 g/mol. The molecule has 2 aliphatic rings. The zero-order chi connectivity index (χ0) is 7.84. The van der Waals surface area contributed by atoms with Gasteiger partial charge in [0.2, 0.25) is 0 Å². The first-order valence-corrected chi connectivity index (χ1v) is 4.40. The Bertz CT molecular complexity index is 134. The molecular formula is C8H17N3. The SMILES string of the molecule is CN(C)N1CC2CNCC2C1. The van der Waals surface area contributed by atoms with Crippen LogP contribution in [-0.2, 0) is 0 Å². The molecule has 0 aromatic rings. The fourth-order valence-corrected chi connectivity index (χ4v) is 2.16. The first-order valence-electron chi connectivity index (χ1n) is 4.40. The van der Waals surface area contributed by atoms with Crippen LogP contribution in [0.4, 0.5) is 0 Å². The molecule has 0 amide bonds. The minimum atomic E-state index is 0.914. The molecule has 2 heterocycles. The van der Waals surface area contributed by atoms with E-state index < -0.39 is 0 Å². The normalized spacial score (nSPS) is 38.5. The van der Waals surface area contributed by atoms with Crippen molar-refractivity contribution in [2.75, 3.05) is 40.3 Å². The Morgan fingerprint density at radius 2 is 1.73 bits per heavy atom. The number of nitrogens with zero attached hydrogens (tertiary/aromatic N) is 2. The minimum absolute atomic E-state index is 0.914. The lowest BCUT2D eigenvalue weighted by Crippen LogP contribution is -2.36. The highest BCUT2D eigenvalue weighted by atomic mass is 15.6. The molecule has 11 heavy (non-hydrogen) atoms. The van der Waals surface area contributed by atoms with Crippen LogP contribution in [0, 0.1) is 11.8 Å². The Morgan fingerprint density at radius 1 is 1.18 bits per heavy atom. The molecule has 1 N–H and O–H groups in total. The molecule has 0 aromatic carbocycles. The quantitative estimate of drug-likeness (QED) is 0.556. The van der Waals surface area contributed by atoms with Crippen LogP contribution >= 0.6 is 0 Å². The second-order valence-corrected chi connectivity index (χ2v) is 3.90. The van der Waals surface area contributed by atoms with Crippen molar-refractivity contribution in [1.82, 2.24) is 15.3 Å². The van der Waals surface area contributed by atoms with E-state index in [4.69, 9.17) is 0 Å². The van der Waals surface area contributed by atoms with E-state index in [0.29, 0.717) is 0 Å². The van der Waals surface area contributed by atoms with Crippen LogP contribution < -0.4 is 5.32 Å². The van der Waals surface area contributed by atoms with Crippen LogP contribution in [0.1, 0.15) is 0 Å². The van der Waals surface area contributed by atoms with Gasteiger partial charge >= 0.3 is 0 Å².